The third-order valence-electron chi connectivity index (χ3n) is 5.44. The lowest BCUT2D eigenvalue weighted by molar-refractivity contribution is 0.201. The Balaban J connectivity index is 0.00000208. The summed E-state index contributed by atoms with van der Waals surface area (Å²) >= 11 is 0. The molecule has 0 spiro atoms. The quantitative estimate of drug-likeness (QED) is 0.764. The smallest absolute Gasteiger partial charge is 0.0206 e. The highest BCUT2D eigenvalue weighted by Gasteiger charge is 2.41. The van der Waals surface area contributed by atoms with Gasteiger partial charge in [-0.15, -0.1) is 12.4 Å². The summed E-state index contributed by atoms with van der Waals surface area (Å²) in [5.41, 5.74) is 3.11. The van der Waals surface area contributed by atoms with Gasteiger partial charge >= 0.3 is 0 Å². The maximum atomic E-state index is 3.77. The van der Waals surface area contributed by atoms with E-state index in [1.54, 1.807) is 0 Å². The molecular formula is C22H30ClN. The fourth-order valence-corrected chi connectivity index (χ4v) is 4.36. The number of halogens is 1. The van der Waals surface area contributed by atoms with Crippen LogP contribution in [0.25, 0.3) is 0 Å². The molecule has 0 aliphatic heterocycles. The van der Waals surface area contributed by atoms with Gasteiger partial charge in [0.25, 0.3) is 0 Å². The molecular weight excluding hydrogens is 314 g/mol. The van der Waals surface area contributed by atoms with E-state index in [1.165, 1.54) is 30.4 Å². The Morgan fingerprint density at radius 3 is 1.83 bits per heavy atom. The highest BCUT2D eigenvalue weighted by atomic mass is 35.5. The van der Waals surface area contributed by atoms with Gasteiger partial charge in [0.15, 0.2) is 0 Å². The van der Waals surface area contributed by atoms with E-state index in [1.807, 2.05) is 0 Å². The Hall–Kier alpha value is -1.31. The van der Waals surface area contributed by atoms with Gasteiger partial charge in [-0.3, -0.25) is 0 Å². The number of hydrogen-bond acceptors (Lipinski definition) is 1. The number of hydrogen-bond donors (Lipinski definition) is 1. The SMILES string of the molecule is CC(C)NC1CCC(c2ccccc2)(c2ccccc2)CC1C.Cl. The van der Waals surface area contributed by atoms with Gasteiger partial charge in [0, 0.05) is 17.5 Å². The van der Waals surface area contributed by atoms with Crippen molar-refractivity contribution in [3.05, 3.63) is 71.8 Å². The van der Waals surface area contributed by atoms with Crippen molar-refractivity contribution < 1.29 is 0 Å². The summed E-state index contributed by atoms with van der Waals surface area (Å²) in [6, 6.07) is 23.4. The highest BCUT2D eigenvalue weighted by molar-refractivity contribution is 5.85. The minimum absolute atomic E-state index is 0. The van der Waals surface area contributed by atoms with Crippen molar-refractivity contribution in [2.75, 3.05) is 0 Å². The van der Waals surface area contributed by atoms with Gasteiger partial charge in [0.05, 0.1) is 0 Å². The molecule has 0 saturated heterocycles. The van der Waals surface area contributed by atoms with Crippen molar-refractivity contribution in [3.8, 4) is 0 Å². The first-order chi connectivity index (χ1) is 11.1. The van der Waals surface area contributed by atoms with Gasteiger partial charge in [-0.05, 0) is 36.3 Å². The molecule has 0 bridgehead atoms. The molecule has 1 aliphatic rings. The second kappa shape index (κ2) is 8.18. The minimum atomic E-state index is 0. The molecule has 2 aromatic rings. The predicted octanol–water partition coefficient (Wildman–Crippen LogP) is 5.58. The summed E-state index contributed by atoms with van der Waals surface area (Å²) in [5.74, 6) is 0.673. The average Bonchev–Trinajstić information content (AvgIpc) is 2.58. The van der Waals surface area contributed by atoms with Gasteiger partial charge < -0.3 is 5.32 Å². The summed E-state index contributed by atoms with van der Waals surface area (Å²) < 4.78 is 0. The van der Waals surface area contributed by atoms with Crippen LogP contribution >= 0.6 is 12.4 Å². The maximum Gasteiger partial charge on any atom is 0.0206 e. The molecule has 1 nitrogen and oxygen atoms in total. The van der Waals surface area contributed by atoms with Crippen LogP contribution < -0.4 is 5.32 Å². The maximum absolute atomic E-state index is 3.77. The van der Waals surface area contributed by atoms with Gasteiger partial charge in [0.2, 0.25) is 0 Å². The highest BCUT2D eigenvalue weighted by Crippen LogP contribution is 2.46. The Morgan fingerprint density at radius 1 is 0.917 bits per heavy atom. The molecule has 2 unspecified atom stereocenters. The molecule has 3 rings (SSSR count). The van der Waals surface area contributed by atoms with Crippen LogP contribution in [-0.2, 0) is 5.41 Å². The molecule has 130 valence electrons. The monoisotopic (exact) mass is 343 g/mol. The van der Waals surface area contributed by atoms with Crippen LogP contribution in [0, 0.1) is 5.92 Å². The lowest BCUT2D eigenvalue weighted by atomic mass is 9.61. The Bertz CT molecular complexity index is 569. The van der Waals surface area contributed by atoms with Crippen molar-refractivity contribution >= 4 is 12.4 Å². The zero-order valence-electron chi connectivity index (χ0n) is 15.0. The molecule has 1 aliphatic carbocycles. The first-order valence-electron chi connectivity index (χ1n) is 8.99. The van der Waals surface area contributed by atoms with E-state index < -0.39 is 0 Å². The van der Waals surface area contributed by atoms with Crippen molar-refractivity contribution in [1.29, 1.82) is 0 Å². The summed E-state index contributed by atoms with van der Waals surface area (Å²) in [4.78, 5) is 0. The molecule has 2 heteroatoms. The Labute approximate surface area is 153 Å². The van der Waals surface area contributed by atoms with Crippen LogP contribution in [0.5, 0.6) is 0 Å². The van der Waals surface area contributed by atoms with Gasteiger partial charge in [-0.1, -0.05) is 81.4 Å². The number of nitrogens with one attached hydrogen (secondary N) is 1. The predicted molar refractivity (Wildman–Crippen MR) is 106 cm³/mol. The standard InChI is InChI=1S/C22H29N.ClH/c1-17(2)23-21-14-15-22(16-18(21)3,19-10-6-4-7-11-19)20-12-8-5-9-13-20;/h4-13,17-18,21,23H,14-16H2,1-3H3;1H. The van der Waals surface area contributed by atoms with Crippen LogP contribution in [0.15, 0.2) is 60.7 Å². The van der Waals surface area contributed by atoms with Crippen LogP contribution in [0.1, 0.15) is 51.2 Å². The first-order valence-corrected chi connectivity index (χ1v) is 8.99. The molecule has 2 aromatic carbocycles. The molecule has 0 heterocycles. The normalized spacial score (nSPS) is 22.8. The second-order valence-corrected chi connectivity index (χ2v) is 7.46. The second-order valence-electron chi connectivity index (χ2n) is 7.46. The van der Waals surface area contributed by atoms with Gasteiger partial charge in [-0.25, -0.2) is 0 Å². The van der Waals surface area contributed by atoms with Crippen molar-refractivity contribution in [2.45, 2.75) is 57.5 Å². The van der Waals surface area contributed by atoms with E-state index in [0.29, 0.717) is 18.0 Å². The van der Waals surface area contributed by atoms with Crippen LogP contribution in [0.2, 0.25) is 0 Å². The van der Waals surface area contributed by atoms with Crippen molar-refractivity contribution in [1.82, 2.24) is 5.32 Å². The minimum Gasteiger partial charge on any atom is -0.312 e. The van der Waals surface area contributed by atoms with E-state index in [0.717, 1.165) is 0 Å². The number of benzene rings is 2. The van der Waals surface area contributed by atoms with Crippen LogP contribution in [-0.4, -0.2) is 12.1 Å². The van der Waals surface area contributed by atoms with Gasteiger partial charge in [0.1, 0.15) is 0 Å². The van der Waals surface area contributed by atoms with Crippen molar-refractivity contribution in [3.63, 3.8) is 0 Å². The molecule has 2 atom stereocenters. The zero-order chi connectivity index (χ0) is 16.3. The molecule has 0 radical (unpaired) electrons. The largest absolute Gasteiger partial charge is 0.312 e. The molecule has 24 heavy (non-hydrogen) atoms. The lowest BCUT2D eigenvalue weighted by Gasteiger charge is -2.45. The lowest BCUT2D eigenvalue weighted by Crippen LogP contribution is -2.47. The number of rotatable bonds is 4. The molecule has 0 aromatic heterocycles. The Morgan fingerprint density at radius 2 is 1.42 bits per heavy atom. The van der Waals surface area contributed by atoms with Gasteiger partial charge in [-0.2, -0.15) is 0 Å². The fraction of sp³-hybridized carbons (Fsp3) is 0.455. The van der Waals surface area contributed by atoms with E-state index in [4.69, 9.17) is 0 Å². The third-order valence-corrected chi connectivity index (χ3v) is 5.44. The van der Waals surface area contributed by atoms with Crippen molar-refractivity contribution in [2.24, 2.45) is 5.92 Å². The first kappa shape index (κ1) is 19.0. The Kier molecular flexibility index (Phi) is 6.48. The van der Waals surface area contributed by atoms with E-state index >= 15 is 0 Å². The zero-order valence-corrected chi connectivity index (χ0v) is 15.9. The van der Waals surface area contributed by atoms with E-state index in [2.05, 4.69) is 86.8 Å². The summed E-state index contributed by atoms with van der Waals surface area (Å²) in [5, 5.41) is 3.77. The molecule has 1 saturated carbocycles. The molecule has 1 fully saturated rings. The topological polar surface area (TPSA) is 12.0 Å². The molecule has 0 amide bonds. The van der Waals surface area contributed by atoms with Crippen LogP contribution in [0.3, 0.4) is 0 Å². The summed E-state index contributed by atoms with van der Waals surface area (Å²) in [6.07, 6.45) is 3.67. The third kappa shape index (κ3) is 3.84. The van der Waals surface area contributed by atoms with Crippen LogP contribution in [0.4, 0.5) is 0 Å². The van der Waals surface area contributed by atoms with E-state index in [9.17, 15) is 0 Å². The summed E-state index contributed by atoms with van der Waals surface area (Å²) in [6.45, 7) is 6.92. The summed E-state index contributed by atoms with van der Waals surface area (Å²) in [7, 11) is 0. The molecule has 1 N–H and O–H groups in total. The van der Waals surface area contributed by atoms with E-state index in [-0.39, 0.29) is 17.8 Å². The average molecular weight is 344 g/mol. The fourth-order valence-electron chi connectivity index (χ4n) is 4.36.